The van der Waals surface area contributed by atoms with E-state index in [-0.39, 0.29) is 12.6 Å². The molecule has 2 amide bonds. The Morgan fingerprint density at radius 3 is 2.55 bits per heavy atom. The second-order valence-electron chi connectivity index (χ2n) is 5.77. The molecule has 2 fully saturated rings. The summed E-state index contributed by atoms with van der Waals surface area (Å²) in [5.74, 6) is -0.986. The van der Waals surface area contributed by atoms with Gasteiger partial charge in [-0.15, -0.1) is 0 Å². The topological polar surface area (TPSA) is 82.1 Å². The van der Waals surface area contributed by atoms with Gasteiger partial charge in [0.2, 0.25) is 0 Å². The number of nitrogens with zero attached hydrogens (tertiary/aromatic N) is 2. The van der Waals surface area contributed by atoms with Crippen LogP contribution in [0.2, 0.25) is 0 Å². The molecule has 0 unspecified atom stereocenters. The summed E-state index contributed by atoms with van der Waals surface area (Å²) >= 11 is 0. The number of rotatable bonds is 6. The molecule has 20 heavy (non-hydrogen) atoms. The van der Waals surface area contributed by atoms with Gasteiger partial charge in [-0.2, -0.15) is 0 Å². The van der Waals surface area contributed by atoms with Crippen LogP contribution in [0.1, 0.15) is 19.8 Å². The van der Waals surface area contributed by atoms with Crippen LogP contribution in [0.4, 0.5) is 4.79 Å². The van der Waals surface area contributed by atoms with Crippen LogP contribution in [0.5, 0.6) is 0 Å². The van der Waals surface area contributed by atoms with Crippen molar-refractivity contribution in [2.75, 3.05) is 45.9 Å². The largest absolute Gasteiger partial charge is 0.480 e. The Bertz CT molecular complexity index is 363. The maximum absolute atomic E-state index is 11.8. The number of carbonyl (C=O) groups excluding carboxylic acids is 1. The van der Waals surface area contributed by atoms with Crippen molar-refractivity contribution >= 4 is 12.0 Å². The summed E-state index contributed by atoms with van der Waals surface area (Å²) in [6.07, 6.45) is 2.50. The van der Waals surface area contributed by atoms with Gasteiger partial charge < -0.3 is 25.0 Å². The standard InChI is InChI=1S/C13H23N3O4/c1-13(20-8-11(17)18)9-16(10-13)12(19)14-4-7-15-5-2-3-6-15/h2-10H2,1H3,(H,14,19)(H,17,18). The Labute approximate surface area is 118 Å². The summed E-state index contributed by atoms with van der Waals surface area (Å²) in [5.41, 5.74) is -0.523. The Hall–Kier alpha value is -1.34. The van der Waals surface area contributed by atoms with Crippen molar-refractivity contribution in [3.63, 3.8) is 0 Å². The molecule has 2 rings (SSSR count). The first kappa shape index (κ1) is 15.1. The second kappa shape index (κ2) is 6.41. The maximum Gasteiger partial charge on any atom is 0.329 e. The van der Waals surface area contributed by atoms with Crippen LogP contribution >= 0.6 is 0 Å². The van der Waals surface area contributed by atoms with Crippen molar-refractivity contribution in [3.05, 3.63) is 0 Å². The summed E-state index contributed by atoms with van der Waals surface area (Å²) in [6, 6.07) is -0.0967. The van der Waals surface area contributed by atoms with Crippen molar-refractivity contribution in [2.45, 2.75) is 25.4 Å². The fraction of sp³-hybridized carbons (Fsp3) is 0.846. The minimum Gasteiger partial charge on any atom is -0.480 e. The van der Waals surface area contributed by atoms with Crippen LogP contribution in [-0.4, -0.2) is 78.4 Å². The molecule has 0 aromatic carbocycles. The summed E-state index contributed by atoms with van der Waals surface area (Å²) in [6.45, 7) is 6.19. The number of carboxylic acids is 1. The molecular weight excluding hydrogens is 262 g/mol. The van der Waals surface area contributed by atoms with E-state index in [1.165, 1.54) is 12.8 Å². The van der Waals surface area contributed by atoms with E-state index < -0.39 is 11.6 Å². The van der Waals surface area contributed by atoms with E-state index >= 15 is 0 Å². The molecule has 0 bridgehead atoms. The fourth-order valence-corrected chi connectivity index (χ4v) is 2.67. The minimum absolute atomic E-state index is 0.0967. The Morgan fingerprint density at radius 2 is 1.95 bits per heavy atom. The molecule has 0 aromatic heterocycles. The number of likely N-dealkylation sites (tertiary alicyclic amines) is 2. The van der Waals surface area contributed by atoms with Gasteiger partial charge >= 0.3 is 12.0 Å². The van der Waals surface area contributed by atoms with Gasteiger partial charge in [-0.25, -0.2) is 9.59 Å². The van der Waals surface area contributed by atoms with Crippen LogP contribution in [0.25, 0.3) is 0 Å². The smallest absolute Gasteiger partial charge is 0.329 e. The average molecular weight is 285 g/mol. The number of aliphatic carboxylic acids is 1. The van der Waals surface area contributed by atoms with Gasteiger partial charge in [0.25, 0.3) is 0 Å². The second-order valence-corrected chi connectivity index (χ2v) is 5.77. The first-order valence-corrected chi connectivity index (χ1v) is 7.09. The molecule has 2 aliphatic heterocycles. The molecule has 7 heteroatoms. The summed E-state index contributed by atoms with van der Waals surface area (Å²) in [7, 11) is 0. The third-order valence-corrected chi connectivity index (χ3v) is 3.78. The van der Waals surface area contributed by atoms with E-state index in [4.69, 9.17) is 9.84 Å². The molecule has 2 saturated heterocycles. The van der Waals surface area contributed by atoms with Crippen LogP contribution in [-0.2, 0) is 9.53 Å². The van der Waals surface area contributed by atoms with Crippen LogP contribution in [0.15, 0.2) is 0 Å². The molecule has 0 aliphatic carbocycles. The lowest BCUT2D eigenvalue weighted by Gasteiger charge is -2.47. The van der Waals surface area contributed by atoms with E-state index in [1.807, 2.05) is 6.92 Å². The van der Waals surface area contributed by atoms with Crippen molar-refractivity contribution in [1.82, 2.24) is 15.1 Å². The fourth-order valence-electron chi connectivity index (χ4n) is 2.67. The van der Waals surface area contributed by atoms with Gasteiger partial charge in [-0.3, -0.25) is 0 Å². The number of carbonyl (C=O) groups is 2. The number of nitrogens with one attached hydrogen (secondary N) is 1. The molecule has 2 aliphatic rings. The molecular formula is C13H23N3O4. The summed E-state index contributed by atoms with van der Waals surface area (Å²) < 4.78 is 5.26. The van der Waals surface area contributed by atoms with Gasteiger partial charge in [-0.1, -0.05) is 0 Å². The number of ether oxygens (including phenoxy) is 1. The van der Waals surface area contributed by atoms with Gasteiger partial charge in [0, 0.05) is 13.1 Å². The zero-order valence-electron chi connectivity index (χ0n) is 11.9. The van der Waals surface area contributed by atoms with Crippen LogP contribution in [0, 0.1) is 0 Å². The van der Waals surface area contributed by atoms with Crippen LogP contribution in [0.3, 0.4) is 0 Å². The van der Waals surface area contributed by atoms with Crippen LogP contribution < -0.4 is 5.32 Å². The zero-order chi connectivity index (χ0) is 14.6. The first-order valence-electron chi connectivity index (χ1n) is 7.09. The lowest BCUT2D eigenvalue weighted by atomic mass is 9.97. The van der Waals surface area contributed by atoms with E-state index in [0.29, 0.717) is 19.6 Å². The quantitative estimate of drug-likeness (QED) is 0.716. The summed E-state index contributed by atoms with van der Waals surface area (Å²) in [5, 5.41) is 11.5. The number of amides is 2. The van der Waals surface area contributed by atoms with Crippen molar-refractivity contribution in [1.29, 1.82) is 0 Å². The molecule has 2 N–H and O–H groups in total. The van der Waals surface area contributed by atoms with Gasteiger partial charge in [0.1, 0.15) is 12.2 Å². The number of hydrogen-bond acceptors (Lipinski definition) is 4. The van der Waals surface area contributed by atoms with E-state index in [2.05, 4.69) is 10.2 Å². The third-order valence-electron chi connectivity index (χ3n) is 3.78. The highest BCUT2D eigenvalue weighted by atomic mass is 16.5. The average Bonchev–Trinajstić information content (AvgIpc) is 2.86. The normalized spacial score (nSPS) is 21.6. The van der Waals surface area contributed by atoms with Gasteiger partial charge in [0.05, 0.1) is 13.1 Å². The lowest BCUT2D eigenvalue weighted by molar-refractivity contribution is -0.159. The van der Waals surface area contributed by atoms with Gasteiger partial charge in [-0.05, 0) is 32.9 Å². The van der Waals surface area contributed by atoms with E-state index in [9.17, 15) is 9.59 Å². The minimum atomic E-state index is -0.986. The van der Waals surface area contributed by atoms with Crippen molar-refractivity contribution < 1.29 is 19.4 Å². The predicted molar refractivity (Wildman–Crippen MR) is 72.6 cm³/mol. The maximum atomic E-state index is 11.8. The Morgan fingerprint density at radius 1 is 1.30 bits per heavy atom. The molecule has 0 radical (unpaired) electrons. The summed E-state index contributed by atoms with van der Waals surface area (Å²) in [4.78, 5) is 26.3. The Balaban J connectivity index is 1.59. The molecule has 0 aromatic rings. The molecule has 0 atom stereocenters. The van der Waals surface area contributed by atoms with E-state index in [1.54, 1.807) is 4.90 Å². The highest BCUT2D eigenvalue weighted by Crippen LogP contribution is 2.24. The zero-order valence-corrected chi connectivity index (χ0v) is 11.9. The highest BCUT2D eigenvalue weighted by Gasteiger charge is 2.42. The highest BCUT2D eigenvalue weighted by molar-refractivity contribution is 5.75. The predicted octanol–water partition coefficient (Wildman–Crippen LogP) is -0.0327. The number of hydrogen-bond donors (Lipinski definition) is 2. The molecule has 7 nitrogen and oxygen atoms in total. The number of carboxylic acid groups (broad SMARTS) is 1. The third kappa shape index (κ3) is 4.08. The van der Waals surface area contributed by atoms with Gasteiger partial charge in [0.15, 0.2) is 0 Å². The van der Waals surface area contributed by atoms with Crippen molar-refractivity contribution in [3.8, 4) is 0 Å². The monoisotopic (exact) mass is 285 g/mol. The first-order chi connectivity index (χ1) is 9.48. The molecule has 0 saturated carbocycles. The molecule has 0 spiro atoms. The SMILES string of the molecule is CC1(OCC(=O)O)CN(C(=O)NCCN2CCCC2)C1. The lowest BCUT2D eigenvalue weighted by Crippen LogP contribution is -2.65. The van der Waals surface area contributed by atoms with Crippen molar-refractivity contribution in [2.24, 2.45) is 0 Å². The molecule has 114 valence electrons. The number of urea groups is 1. The molecule has 2 heterocycles. The Kier molecular flexibility index (Phi) is 4.82. The van der Waals surface area contributed by atoms with E-state index in [0.717, 1.165) is 19.6 Å².